The van der Waals surface area contributed by atoms with E-state index in [0.29, 0.717) is 25.1 Å². The van der Waals surface area contributed by atoms with E-state index in [1.54, 1.807) is 12.1 Å². The van der Waals surface area contributed by atoms with Crippen LogP contribution in [-0.2, 0) is 11.3 Å². The SMILES string of the molecule is O=C(CCNCc1ccccc1F)N1CCN(C/C=C/c2ccccc2)CC1. The minimum absolute atomic E-state index is 0.167. The van der Waals surface area contributed by atoms with Crippen LogP contribution in [0.3, 0.4) is 0 Å². The van der Waals surface area contributed by atoms with E-state index in [2.05, 4.69) is 34.5 Å². The normalized spacial score (nSPS) is 15.2. The van der Waals surface area contributed by atoms with Gasteiger partial charge in [-0.2, -0.15) is 0 Å². The maximum Gasteiger partial charge on any atom is 0.223 e. The molecule has 2 aromatic carbocycles. The van der Waals surface area contributed by atoms with E-state index >= 15 is 0 Å². The van der Waals surface area contributed by atoms with Crippen LogP contribution in [0.2, 0.25) is 0 Å². The highest BCUT2D eigenvalue weighted by molar-refractivity contribution is 5.76. The Balaban J connectivity index is 1.31. The third-order valence-electron chi connectivity index (χ3n) is 4.99. The van der Waals surface area contributed by atoms with Gasteiger partial charge in [-0.1, -0.05) is 60.7 Å². The number of piperazine rings is 1. The number of carbonyl (C=O) groups excluding carboxylic acids is 1. The minimum atomic E-state index is -0.209. The first kappa shape index (κ1) is 20.2. The van der Waals surface area contributed by atoms with Gasteiger partial charge in [-0.3, -0.25) is 9.69 Å². The summed E-state index contributed by atoms with van der Waals surface area (Å²) < 4.78 is 13.6. The number of nitrogens with zero attached hydrogens (tertiary/aromatic N) is 2. The molecule has 0 unspecified atom stereocenters. The molecule has 5 heteroatoms. The smallest absolute Gasteiger partial charge is 0.223 e. The largest absolute Gasteiger partial charge is 0.340 e. The highest BCUT2D eigenvalue weighted by Crippen LogP contribution is 2.07. The zero-order valence-corrected chi connectivity index (χ0v) is 16.2. The first-order valence-corrected chi connectivity index (χ1v) is 9.88. The van der Waals surface area contributed by atoms with E-state index in [9.17, 15) is 9.18 Å². The molecule has 4 nitrogen and oxygen atoms in total. The Morgan fingerprint density at radius 2 is 1.71 bits per heavy atom. The number of amides is 1. The monoisotopic (exact) mass is 381 g/mol. The predicted molar refractivity (Wildman–Crippen MR) is 111 cm³/mol. The van der Waals surface area contributed by atoms with E-state index in [1.165, 1.54) is 11.6 Å². The van der Waals surface area contributed by atoms with Crippen LogP contribution in [0, 0.1) is 5.82 Å². The van der Waals surface area contributed by atoms with Gasteiger partial charge in [-0.25, -0.2) is 4.39 Å². The number of nitrogens with one attached hydrogen (secondary N) is 1. The lowest BCUT2D eigenvalue weighted by Crippen LogP contribution is -2.49. The van der Waals surface area contributed by atoms with E-state index < -0.39 is 0 Å². The van der Waals surface area contributed by atoms with Crippen molar-refractivity contribution in [1.82, 2.24) is 15.1 Å². The molecule has 0 atom stereocenters. The maximum atomic E-state index is 13.6. The van der Waals surface area contributed by atoms with Crippen LogP contribution in [0.5, 0.6) is 0 Å². The molecule has 0 aromatic heterocycles. The van der Waals surface area contributed by atoms with Gasteiger partial charge in [0.1, 0.15) is 5.82 Å². The van der Waals surface area contributed by atoms with Crippen LogP contribution in [0.1, 0.15) is 17.5 Å². The first-order chi connectivity index (χ1) is 13.7. The zero-order valence-electron chi connectivity index (χ0n) is 16.2. The van der Waals surface area contributed by atoms with Gasteiger partial charge in [0.05, 0.1) is 0 Å². The molecule has 1 fully saturated rings. The summed E-state index contributed by atoms with van der Waals surface area (Å²) in [5, 5.41) is 3.16. The van der Waals surface area contributed by atoms with Crippen molar-refractivity contribution >= 4 is 12.0 Å². The molecular formula is C23H28FN3O. The van der Waals surface area contributed by atoms with Crippen molar-refractivity contribution in [3.8, 4) is 0 Å². The topological polar surface area (TPSA) is 35.6 Å². The van der Waals surface area contributed by atoms with Gasteiger partial charge in [-0.15, -0.1) is 0 Å². The fraction of sp³-hybridized carbons (Fsp3) is 0.348. The Hall–Kier alpha value is -2.50. The van der Waals surface area contributed by atoms with Crippen LogP contribution in [0.4, 0.5) is 4.39 Å². The van der Waals surface area contributed by atoms with Crippen LogP contribution < -0.4 is 5.32 Å². The van der Waals surface area contributed by atoms with Crippen molar-refractivity contribution in [3.63, 3.8) is 0 Å². The molecule has 0 aliphatic carbocycles. The molecule has 1 N–H and O–H groups in total. The highest BCUT2D eigenvalue weighted by Gasteiger charge is 2.19. The Bertz CT molecular complexity index is 770. The Morgan fingerprint density at radius 1 is 1.00 bits per heavy atom. The summed E-state index contributed by atoms with van der Waals surface area (Å²) in [6, 6.07) is 17.0. The number of benzene rings is 2. The molecule has 0 saturated carbocycles. The highest BCUT2D eigenvalue weighted by atomic mass is 19.1. The van der Waals surface area contributed by atoms with Gasteiger partial charge < -0.3 is 10.2 Å². The van der Waals surface area contributed by atoms with Crippen molar-refractivity contribution in [2.24, 2.45) is 0 Å². The molecule has 1 aliphatic heterocycles. The molecule has 0 spiro atoms. The molecule has 0 bridgehead atoms. The molecular weight excluding hydrogens is 353 g/mol. The number of hydrogen-bond donors (Lipinski definition) is 1. The van der Waals surface area contributed by atoms with Gasteiger partial charge >= 0.3 is 0 Å². The fourth-order valence-electron chi connectivity index (χ4n) is 3.30. The lowest BCUT2D eigenvalue weighted by Gasteiger charge is -2.34. The number of rotatable bonds is 8. The quantitative estimate of drug-likeness (QED) is 0.714. The summed E-state index contributed by atoms with van der Waals surface area (Å²) in [6.45, 7) is 5.24. The Kier molecular flexibility index (Phi) is 7.76. The average Bonchev–Trinajstić information content (AvgIpc) is 2.73. The third kappa shape index (κ3) is 6.29. The van der Waals surface area contributed by atoms with Crippen molar-refractivity contribution < 1.29 is 9.18 Å². The molecule has 0 radical (unpaired) electrons. The zero-order chi connectivity index (χ0) is 19.6. The van der Waals surface area contributed by atoms with E-state index in [0.717, 1.165) is 32.7 Å². The van der Waals surface area contributed by atoms with E-state index in [1.807, 2.05) is 29.2 Å². The summed E-state index contributed by atoms with van der Waals surface area (Å²) in [6.07, 6.45) is 4.76. The van der Waals surface area contributed by atoms with Gasteiger partial charge in [0, 0.05) is 57.8 Å². The van der Waals surface area contributed by atoms with Crippen molar-refractivity contribution in [2.45, 2.75) is 13.0 Å². The number of halogens is 1. The Morgan fingerprint density at radius 3 is 2.46 bits per heavy atom. The average molecular weight is 381 g/mol. The van der Waals surface area contributed by atoms with Crippen LogP contribution in [0.15, 0.2) is 60.7 Å². The second-order valence-electron chi connectivity index (χ2n) is 7.01. The van der Waals surface area contributed by atoms with Crippen LogP contribution in [0.25, 0.3) is 6.08 Å². The molecule has 2 aromatic rings. The fourth-order valence-corrected chi connectivity index (χ4v) is 3.30. The maximum absolute atomic E-state index is 13.6. The second-order valence-corrected chi connectivity index (χ2v) is 7.01. The summed E-state index contributed by atoms with van der Waals surface area (Å²) in [4.78, 5) is 16.7. The molecule has 148 valence electrons. The number of carbonyl (C=O) groups is 1. The molecule has 1 aliphatic rings. The van der Waals surface area contributed by atoms with Gasteiger partial charge in [-0.05, 0) is 11.6 Å². The van der Waals surface area contributed by atoms with E-state index in [4.69, 9.17) is 0 Å². The minimum Gasteiger partial charge on any atom is -0.340 e. The molecule has 3 rings (SSSR count). The standard InChI is InChI=1S/C23H28FN3O/c24-22-11-5-4-10-21(22)19-25-13-12-23(28)27-17-15-26(16-18-27)14-6-9-20-7-2-1-3-8-20/h1-11,25H,12-19H2/b9-6+. The molecule has 1 amide bonds. The van der Waals surface area contributed by atoms with Crippen LogP contribution >= 0.6 is 0 Å². The predicted octanol–water partition coefficient (Wildman–Crippen LogP) is 3.16. The first-order valence-electron chi connectivity index (χ1n) is 9.88. The summed E-state index contributed by atoms with van der Waals surface area (Å²) in [5.74, 6) is -0.0423. The Labute approximate surface area is 166 Å². The van der Waals surface area contributed by atoms with Crippen molar-refractivity contribution in [3.05, 3.63) is 77.6 Å². The number of hydrogen-bond acceptors (Lipinski definition) is 3. The summed E-state index contributed by atoms with van der Waals surface area (Å²) in [7, 11) is 0. The third-order valence-corrected chi connectivity index (χ3v) is 4.99. The van der Waals surface area contributed by atoms with Gasteiger partial charge in [0.15, 0.2) is 0 Å². The summed E-state index contributed by atoms with van der Waals surface area (Å²) >= 11 is 0. The van der Waals surface area contributed by atoms with Crippen molar-refractivity contribution in [2.75, 3.05) is 39.3 Å². The van der Waals surface area contributed by atoms with Crippen LogP contribution in [-0.4, -0.2) is 55.0 Å². The molecule has 1 heterocycles. The van der Waals surface area contributed by atoms with Gasteiger partial charge in [0.2, 0.25) is 5.91 Å². The lowest BCUT2D eigenvalue weighted by molar-refractivity contribution is -0.132. The molecule has 1 saturated heterocycles. The lowest BCUT2D eigenvalue weighted by atomic mass is 10.2. The molecule has 28 heavy (non-hydrogen) atoms. The summed E-state index contributed by atoms with van der Waals surface area (Å²) in [5.41, 5.74) is 1.84. The van der Waals surface area contributed by atoms with E-state index in [-0.39, 0.29) is 11.7 Å². The van der Waals surface area contributed by atoms with Crippen molar-refractivity contribution in [1.29, 1.82) is 0 Å². The van der Waals surface area contributed by atoms with Gasteiger partial charge in [0.25, 0.3) is 0 Å². The second kappa shape index (κ2) is 10.7.